The second-order valence-corrected chi connectivity index (χ2v) is 18.2. The summed E-state index contributed by atoms with van der Waals surface area (Å²) in [5.74, 6) is -0.317. The number of aromatic nitrogens is 1. The Balaban J connectivity index is 0.00000143. The van der Waals surface area contributed by atoms with Crippen molar-refractivity contribution < 1.29 is 55.2 Å². The maximum absolute atomic E-state index is 12.7. The van der Waals surface area contributed by atoms with E-state index in [1.807, 2.05) is 91.7 Å². The zero-order chi connectivity index (χ0) is 45.4. The smallest absolute Gasteiger partial charge is 0.425 e. The van der Waals surface area contributed by atoms with Crippen molar-refractivity contribution in [3.05, 3.63) is 176 Å². The van der Waals surface area contributed by atoms with Crippen molar-refractivity contribution in [1.29, 1.82) is 0 Å². The Kier molecular flexibility index (Phi) is 12.3. The second kappa shape index (κ2) is 17.5. The Labute approximate surface area is 367 Å². The minimum absolute atomic E-state index is 0.0452. The van der Waals surface area contributed by atoms with Crippen LogP contribution in [0.2, 0.25) is 0 Å². The van der Waals surface area contributed by atoms with Gasteiger partial charge in [-0.05, 0) is 106 Å². The molecule has 1 aliphatic carbocycles. The van der Waals surface area contributed by atoms with Crippen LogP contribution < -0.4 is 4.57 Å². The van der Waals surface area contributed by atoms with Crippen molar-refractivity contribution in [2.24, 2.45) is 7.05 Å². The molecule has 0 saturated heterocycles. The van der Waals surface area contributed by atoms with Gasteiger partial charge in [-0.3, -0.25) is 4.55 Å². The highest BCUT2D eigenvalue weighted by Gasteiger charge is 2.42. The third-order valence-corrected chi connectivity index (χ3v) is 12.5. The summed E-state index contributed by atoms with van der Waals surface area (Å²) in [6, 6.07) is 27.3. The average molecular weight is 887 g/mol. The number of allylic oxidation sites excluding steroid dienone is 1. The molecule has 0 spiro atoms. The summed E-state index contributed by atoms with van der Waals surface area (Å²) in [5.41, 5.74) is 8.77. The van der Waals surface area contributed by atoms with Crippen LogP contribution in [0, 0.1) is 0 Å². The summed E-state index contributed by atoms with van der Waals surface area (Å²) in [4.78, 5) is -0.424. The molecule has 6 aromatic rings. The van der Waals surface area contributed by atoms with Crippen LogP contribution in [0.15, 0.2) is 114 Å². The summed E-state index contributed by atoms with van der Waals surface area (Å²) in [5, 5.41) is 47.3. The molecule has 8 bridgehead atoms. The molecule has 0 unspecified atom stereocenters. The molecule has 0 amide bonds. The average Bonchev–Trinajstić information content (AvgIpc) is 3.41. The molecule has 14 heteroatoms. The van der Waals surface area contributed by atoms with Gasteiger partial charge in [0.15, 0.2) is 18.1 Å². The molecule has 0 fully saturated rings. The molecule has 0 radical (unpaired) electrons. The molecule has 1 aliphatic heterocycles. The van der Waals surface area contributed by atoms with Gasteiger partial charge >= 0.3 is 10.6 Å². The molecule has 5 N–H and O–H groups in total. The number of para-hydroxylation sites is 2. The maximum Gasteiger partial charge on any atom is 0.425 e. The minimum Gasteiger partial charge on any atom is -0.507 e. The fraction of sp³-hybridized carbons (Fsp3) is 0.184. The maximum atomic E-state index is 12.7. The van der Waals surface area contributed by atoms with E-state index in [0.29, 0.717) is 33.4 Å². The van der Waals surface area contributed by atoms with Crippen LogP contribution in [0.1, 0.15) is 80.6 Å². The molecule has 0 atom stereocenters. The Hall–Kier alpha value is -6.87. The number of phenols is 4. The normalized spacial score (nSPS) is 14.4. The number of aryl methyl sites for hydroxylation is 1. The van der Waals surface area contributed by atoms with Crippen molar-refractivity contribution in [3.63, 3.8) is 0 Å². The van der Waals surface area contributed by atoms with Gasteiger partial charge in [0, 0.05) is 66.6 Å². The minimum atomic E-state index is -4.74. The largest absolute Gasteiger partial charge is 0.507 e. The number of aromatic hydroxyl groups is 4. The van der Waals surface area contributed by atoms with E-state index in [4.69, 9.17) is 12.6 Å². The topological polar surface area (TPSA) is 193 Å². The number of fused-ring (bicyclic) bond motifs is 9. The molecule has 5 aromatic carbocycles. The first-order valence-corrected chi connectivity index (χ1v) is 22.3. The highest BCUT2D eigenvalue weighted by molar-refractivity contribution is 7.85. The Bertz CT molecular complexity index is 3130. The third-order valence-electron chi connectivity index (χ3n) is 11.7. The first-order chi connectivity index (χ1) is 29.8. The van der Waals surface area contributed by atoms with E-state index < -0.39 is 25.6 Å². The number of hydrogen-bond donors (Lipinski definition) is 5. The predicted octanol–water partition coefficient (Wildman–Crippen LogP) is 7.14. The van der Waals surface area contributed by atoms with Crippen molar-refractivity contribution in [1.82, 2.24) is 0 Å². The summed E-state index contributed by atoms with van der Waals surface area (Å²) >= 11 is 0. The van der Waals surface area contributed by atoms with Gasteiger partial charge in [-0.15, -0.1) is 12.6 Å². The van der Waals surface area contributed by atoms with Gasteiger partial charge in [0.25, 0.3) is 10.1 Å². The molecule has 322 valence electrons. The molecular weight excluding hydrogens is 841 g/mol. The molecule has 63 heavy (non-hydrogen) atoms. The Morgan fingerprint density at radius 3 is 1.41 bits per heavy atom. The van der Waals surface area contributed by atoms with Crippen molar-refractivity contribution in [2.75, 3.05) is 7.05 Å². The lowest BCUT2D eigenvalue weighted by Crippen LogP contribution is -2.26. The highest BCUT2D eigenvalue weighted by Crippen LogP contribution is 2.41. The summed E-state index contributed by atoms with van der Waals surface area (Å²) < 4.78 is 65.1. The van der Waals surface area contributed by atoms with Crippen LogP contribution in [-0.2, 0) is 58.9 Å². The monoisotopic (exact) mass is 886 g/mol. The van der Waals surface area contributed by atoms with Crippen LogP contribution in [0.3, 0.4) is 0 Å². The van der Waals surface area contributed by atoms with E-state index in [1.54, 1.807) is 24.3 Å². The van der Waals surface area contributed by atoms with Gasteiger partial charge in [0.05, 0.1) is 10.3 Å². The van der Waals surface area contributed by atoms with Crippen LogP contribution >= 0.6 is 0 Å². The number of phenolic OH excluding ortho intramolecular Hbond substituents is 4. The zero-order valence-corrected chi connectivity index (χ0v) is 36.6. The summed E-state index contributed by atoms with van der Waals surface area (Å²) in [7, 11) is -3.88. The van der Waals surface area contributed by atoms with E-state index in [2.05, 4.69) is 36.6 Å². The molecule has 8 rings (SSSR count). The first kappa shape index (κ1) is 44.2. The fourth-order valence-electron chi connectivity index (χ4n) is 8.50. The van der Waals surface area contributed by atoms with Crippen molar-refractivity contribution >= 4 is 50.4 Å². The molecule has 1 aromatic heterocycles. The van der Waals surface area contributed by atoms with Gasteiger partial charge in [0.2, 0.25) is 5.69 Å². The van der Waals surface area contributed by atoms with Crippen LogP contribution in [0.25, 0.3) is 18.2 Å². The molecule has 2 aliphatic rings. The number of rotatable bonds is 5. The quantitative estimate of drug-likeness (QED) is 0.0877. The summed E-state index contributed by atoms with van der Waals surface area (Å²) in [6.45, 7) is 4.35. The van der Waals surface area contributed by atoms with E-state index in [-0.39, 0.29) is 65.2 Å². The van der Waals surface area contributed by atoms with Gasteiger partial charge in [-0.25, -0.2) is 4.57 Å². The lowest BCUT2D eigenvalue weighted by atomic mass is 9.81. The fourth-order valence-corrected chi connectivity index (χ4v) is 9.08. The lowest BCUT2D eigenvalue weighted by Gasteiger charge is -2.19. The first-order valence-electron chi connectivity index (χ1n) is 19.9. The van der Waals surface area contributed by atoms with Crippen LogP contribution in [0.5, 0.6) is 23.0 Å². The SMILES string of the molecule is C[N+]1=C(/C=C/c2cc3c(O)c(c2)Cc2cc(S(=O)(=O)O)cc(c2O)Cc2cc(/C=C/c4cc[n+](C)cc4)cc(c2O)Cc2cccc(c2O)C3)C(C)(C)c2ccccc21.O=S(=O)=O. The number of nitrogens with zero attached hydrogens (tertiary/aromatic N) is 2. The molecule has 2 heterocycles. The Morgan fingerprint density at radius 1 is 0.556 bits per heavy atom. The zero-order valence-electron chi connectivity index (χ0n) is 34.9. The van der Waals surface area contributed by atoms with E-state index >= 15 is 0 Å². The molecule has 12 nitrogen and oxygen atoms in total. The van der Waals surface area contributed by atoms with Crippen molar-refractivity contribution in [3.8, 4) is 23.0 Å². The standard InChI is InChI=1S/C49H44N2O7S.O3S/c1-49(2)42-10-5-6-11-43(42)51(4)44(49)15-14-32-22-36-25-34-9-7-8-33(45(34)52)24-35-20-31(13-12-30-16-18-50(3)19-17-30)21-37(46(35)53)26-39-28-41(59(56,57)58)29-40(48(39)55)27-38(23-32)47(36)54;1-4(2)3/h5-23,28-29H,24-27H2,1-4H3,(H3,52,55,56,57,58);/p+2. The van der Waals surface area contributed by atoms with Gasteiger partial charge in [-0.1, -0.05) is 48.6 Å². The summed E-state index contributed by atoms with van der Waals surface area (Å²) in [6.07, 6.45) is 11.8. The lowest BCUT2D eigenvalue weighted by molar-refractivity contribution is -0.671. The highest BCUT2D eigenvalue weighted by atomic mass is 32.2. The molecular formula is C49H46N2O10S2+2. The van der Waals surface area contributed by atoms with Gasteiger partial charge in [0.1, 0.15) is 37.1 Å². The van der Waals surface area contributed by atoms with Gasteiger partial charge < -0.3 is 20.4 Å². The van der Waals surface area contributed by atoms with Crippen molar-refractivity contribution in [2.45, 2.75) is 49.8 Å². The van der Waals surface area contributed by atoms with Gasteiger partial charge in [-0.2, -0.15) is 13.0 Å². The number of pyridine rings is 1. The van der Waals surface area contributed by atoms with Crippen LogP contribution in [-0.4, -0.2) is 63.4 Å². The van der Waals surface area contributed by atoms with E-state index in [0.717, 1.165) is 28.1 Å². The molecule has 0 saturated carbocycles. The van der Waals surface area contributed by atoms with E-state index in [1.165, 1.54) is 17.7 Å². The predicted molar refractivity (Wildman–Crippen MR) is 239 cm³/mol. The number of hydrogen-bond acceptors (Lipinski definition) is 9. The third kappa shape index (κ3) is 9.48. The van der Waals surface area contributed by atoms with Crippen LogP contribution in [0.4, 0.5) is 5.69 Å². The Morgan fingerprint density at radius 2 is 0.952 bits per heavy atom. The number of benzene rings is 5. The second-order valence-electron chi connectivity index (χ2n) is 16.3. The van der Waals surface area contributed by atoms with E-state index in [9.17, 15) is 33.4 Å².